The summed E-state index contributed by atoms with van der Waals surface area (Å²) in [6.07, 6.45) is -4.43. The Morgan fingerprint density at radius 2 is 1.77 bits per heavy atom. The number of ether oxygens (including phenoxy) is 1. The van der Waals surface area contributed by atoms with Gasteiger partial charge in [-0.3, -0.25) is 15.1 Å². The number of halogens is 4. The Bertz CT molecular complexity index is 892. The van der Waals surface area contributed by atoms with Gasteiger partial charge in [-0.1, -0.05) is 30.3 Å². The second-order valence-corrected chi connectivity index (χ2v) is 6.18. The summed E-state index contributed by atoms with van der Waals surface area (Å²) in [7, 11) is 1.52. The number of nitrogens with one attached hydrogen (secondary N) is 2. The van der Waals surface area contributed by atoms with Crippen molar-refractivity contribution in [1.29, 1.82) is 0 Å². The fraction of sp³-hybridized carbons (Fsp3) is 0.316. The minimum absolute atomic E-state index is 0. The molecular formula is C19H22F3IN4O3. The molecule has 0 bridgehead atoms. The number of hydrogen-bond donors (Lipinski definition) is 2. The Labute approximate surface area is 188 Å². The van der Waals surface area contributed by atoms with Crippen molar-refractivity contribution >= 4 is 35.6 Å². The molecule has 30 heavy (non-hydrogen) atoms. The third-order valence-corrected chi connectivity index (χ3v) is 3.92. The maximum atomic E-state index is 12.5. The molecule has 2 aromatic carbocycles. The van der Waals surface area contributed by atoms with E-state index >= 15 is 0 Å². The first-order valence-corrected chi connectivity index (χ1v) is 8.65. The fourth-order valence-corrected chi connectivity index (χ4v) is 2.52. The maximum absolute atomic E-state index is 12.5. The summed E-state index contributed by atoms with van der Waals surface area (Å²) in [5.74, 6) is 0.467. The Kier molecular flexibility index (Phi) is 9.82. The maximum Gasteiger partial charge on any atom is 0.422 e. The lowest BCUT2D eigenvalue weighted by Gasteiger charge is -2.16. The first kappa shape index (κ1) is 25.5. The van der Waals surface area contributed by atoms with Gasteiger partial charge in [0.25, 0.3) is 5.69 Å². The number of benzene rings is 2. The van der Waals surface area contributed by atoms with Crippen molar-refractivity contribution in [1.82, 2.24) is 10.6 Å². The molecule has 0 heterocycles. The molecule has 7 nitrogen and oxygen atoms in total. The topological polar surface area (TPSA) is 88.8 Å². The zero-order chi connectivity index (χ0) is 21.4. The largest absolute Gasteiger partial charge is 0.484 e. The van der Waals surface area contributed by atoms with Gasteiger partial charge in [-0.2, -0.15) is 13.2 Å². The second kappa shape index (κ2) is 11.6. The van der Waals surface area contributed by atoms with Gasteiger partial charge >= 0.3 is 6.18 Å². The van der Waals surface area contributed by atoms with E-state index < -0.39 is 17.7 Å². The first-order valence-electron chi connectivity index (χ1n) is 8.65. The highest BCUT2D eigenvalue weighted by Gasteiger charge is 2.28. The molecule has 0 saturated heterocycles. The standard InChI is InChI=1S/C19H21F3N4O3.HI/c1-13-7-8-15(17(9-13)29-12-19(20,21)22)11-25-18(23-2)24-10-14-5-3-4-6-16(14)26(27)28;/h3-9H,10-12H2,1-2H3,(H2,23,24,25);1H. The van der Waals surface area contributed by atoms with Gasteiger partial charge in [-0.05, 0) is 18.6 Å². The van der Waals surface area contributed by atoms with Crippen molar-refractivity contribution in [3.63, 3.8) is 0 Å². The highest BCUT2D eigenvalue weighted by atomic mass is 127. The summed E-state index contributed by atoms with van der Waals surface area (Å²) < 4.78 is 42.3. The van der Waals surface area contributed by atoms with Gasteiger partial charge in [0.05, 0.1) is 4.92 Å². The average molecular weight is 538 g/mol. The van der Waals surface area contributed by atoms with E-state index in [1.807, 2.05) is 0 Å². The summed E-state index contributed by atoms with van der Waals surface area (Å²) in [6, 6.07) is 11.3. The molecule has 11 heteroatoms. The molecule has 0 aromatic heterocycles. The SMILES string of the molecule is CN=C(NCc1ccc(C)cc1OCC(F)(F)F)NCc1ccccc1[N+](=O)[O-].I. The van der Waals surface area contributed by atoms with E-state index in [1.165, 1.54) is 19.2 Å². The van der Waals surface area contributed by atoms with Crippen molar-refractivity contribution in [2.24, 2.45) is 4.99 Å². The van der Waals surface area contributed by atoms with Gasteiger partial charge in [0, 0.05) is 37.3 Å². The number of guanidine groups is 1. The molecule has 0 aliphatic heterocycles. The molecule has 0 atom stereocenters. The lowest BCUT2D eigenvalue weighted by atomic mass is 10.1. The molecule has 0 unspecified atom stereocenters. The normalized spacial score (nSPS) is 11.4. The Morgan fingerprint density at radius 3 is 2.37 bits per heavy atom. The van der Waals surface area contributed by atoms with E-state index in [2.05, 4.69) is 15.6 Å². The monoisotopic (exact) mass is 538 g/mol. The van der Waals surface area contributed by atoms with Crippen LogP contribution >= 0.6 is 24.0 Å². The van der Waals surface area contributed by atoms with Crippen molar-refractivity contribution in [2.75, 3.05) is 13.7 Å². The van der Waals surface area contributed by atoms with E-state index in [0.29, 0.717) is 17.1 Å². The molecule has 0 aliphatic rings. The molecule has 0 aliphatic carbocycles. The third-order valence-electron chi connectivity index (χ3n) is 3.92. The summed E-state index contributed by atoms with van der Waals surface area (Å²) >= 11 is 0. The Morgan fingerprint density at radius 1 is 1.13 bits per heavy atom. The van der Waals surface area contributed by atoms with Crippen molar-refractivity contribution in [2.45, 2.75) is 26.2 Å². The number of nitrogens with zero attached hydrogens (tertiary/aromatic N) is 2. The van der Waals surface area contributed by atoms with Gasteiger partial charge in [-0.25, -0.2) is 0 Å². The minimum Gasteiger partial charge on any atom is -0.484 e. The summed E-state index contributed by atoms with van der Waals surface area (Å²) in [6.45, 7) is 0.686. The third kappa shape index (κ3) is 8.05. The average Bonchev–Trinajstić information content (AvgIpc) is 2.67. The van der Waals surface area contributed by atoms with Crippen LogP contribution in [0, 0.1) is 17.0 Å². The summed E-state index contributed by atoms with van der Waals surface area (Å²) in [4.78, 5) is 14.6. The Hall–Kier alpha value is -2.57. The van der Waals surface area contributed by atoms with Gasteiger partial charge in [0.2, 0.25) is 0 Å². The molecule has 164 valence electrons. The highest BCUT2D eigenvalue weighted by Crippen LogP contribution is 2.24. The van der Waals surface area contributed by atoms with Crippen molar-refractivity contribution in [3.8, 4) is 5.75 Å². The van der Waals surface area contributed by atoms with Crippen LogP contribution in [0.2, 0.25) is 0 Å². The van der Waals surface area contributed by atoms with E-state index in [1.54, 1.807) is 37.3 Å². The van der Waals surface area contributed by atoms with Crippen LogP contribution in [0.4, 0.5) is 18.9 Å². The van der Waals surface area contributed by atoms with E-state index in [9.17, 15) is 23.3 Å². The molecule has 0 fully saturated rings. The molecule has 2 N–H and O–H groups in total. The number of aliphatic imine (C=N–C) groups is 1. The summed E-state index contributed by atoms with van der Waals surface area (Å²) in [5, 5.41) is 17.0. The molecule has 0 spiro atoms. The van der Waals surface area contributed by atoms with Crippen LogP contribution in [0.15, 0.2) is 47.5 Å². The molecular weight excluding hydrogens is 516 g/mol. The smallest absolute Gasteiger partial charge is 0.422 e. The first-order chi connectivity index (χ1) is 13.7. The summed E-state index contributed by atoms with van der Waals surface area (Å²) in [5.41, 5.74) is 1.75. The van der Waals surface area contributed by atoms with Gasteiger partial charge in [-0.15, -0.1) is 24.0 Å². The van der Waals surface area contributed by atoms with Crippen LogP contribution in [0.5, 0.6) is 5.75 Å². The molecule has 2 aromatic rings. The lowest BCUT2D eigenvalue weighted by molar-refractivity contribution is -0.385. The highest BCUT2D eigenvalue weighted by molar-refractivity contribution is 14.0. The van der Waals surface area contributed by atoms with Gasteiger partial charge in [0.15, 0.2) is 12.6 Å². The second-order valence-electron chi connectivity index (χ2n) is 6.18. The molecule has 2 rings (SSSR count). The quantitative estimate of drug-likeness (QED) is 0.180. The van der Waals surface area contributed by atoms with Crippen molar-refractivity contribution in [3.05, 3.63) is 69.3 Å². The number of alkyl halides is 3. The van der Waals surface area contributed by atoms with E-state index in [-0.39, 0.29) is 48.5 Å². The van der Waals surface area contributed by atoms with Crippen LogP contribution in [0.1, 0.15) is 16.7 Å². The van der Waals surface area contributed by atoms with Gasteiger partial charge in [0.1, 0.15) is 5.75 Å². The number of para-hydroxylation sites is 1. The fourth-order valence-electron chi connectivity index (χ4n) is 2.52. The lowest BCUT2D eigenvalue weighted by Crippen LogP contribution is -2.36. The minimum atomic E-state index is -4.43. The van der Waals surface area contributed by atoms with Crippen LogP contribution in [0.3, 0.4) is 0 Å². The Balaban J connectivity index is 0.00000450. The number of rotatable bonds is 7. The van der Waals surface area contributed by atoms with E-state index in [4.69, 9.17) is 4.74 Å². The zero-order valence-electron chi connectivity index (χ0n) is 16.3. The molecule has 0 amide bonds. The van der Waals surface area contributed by atoms with Gasteiger partial charge < -0.3 is 15.4 Å². The number of nitro groups is 1. The molecule has 0 saturated carbocycles. The van der Waals surface area contributed by atoms with Crippen LogP contribution < -0.4 is 15.4 Å². The number of aryl methyl sites for hydroxylation is 1. The predicted octanol–water partition coefficient (Wildman–Crippen LogP) is 4.33. The van der Waals surface area contributed by atoms with Crippen LogP contribution in [0.25, 0.3) is 0 Å². The predicted molar refractivity (Wildman–Crippen MR) is 118 cm³/mol. The number of hydrogen-bond acceptors (Lipinski definition) is 4. The number of nitro benzene ring substituents is 1. The van der Waals surface area contributed by atoms with Crippen molar-refractivity contribution < 1.29 is 22.8 Å². The van der Waals surface area contributed by atoms with Crippen LogP contribution in [-0.4, -0.2) is 30.7 Å². The zero-order valence-corrected chi connectivity index (χ0v) is 18.7. The van der Waals surface area contributed by atoms with Crippen LogP contribution in [-0.2, 0) is 13.1 Å². The molecule has 0 radical (unpaired) electrons. The van der Waals surface area contributed by atoms with E-state index in [0.717, 1.165) is 5.56 Å².